The van der Waals surface area contributed by atoms with Crippen LogP contribution in [0.3, 0.4) is 0 Å². The van der Waals surface area contributed by atoms with Gasteiger partial charge in [0.25, 0.3) is 0 Å². The maximum atomic E-state index is 12.7. The SMILES string of the molecule is CCN(Cc1ccc(Cl)c(Cl)c1)C(=O)C1(N)CCOCC1. The van der Waals surface area contributed by atoms with E-state index in [-0.39, 0.29) is 5.91 Å². The first-order chi connectivity index (χ1) is 9.96. The number of benzene rings is 1. The Kier molecular flexibility index (Phi) is 5.49. The topological polar surface area (TPSA) is 55.6 Å². The summed E-state index contributed by atoms with van der Waals surface area (Å²) in [6.07, 6.45) is 1.12. The number of halogens is 2. The molecular formula is C15H20Cl2N2O2. The van der Waals surface area contributed by atoms with Crippen molar-refractivity contribution in [2.75, 3.05) is 19.8 Å². The van der Waals surface area contributed by atoms with Crippen molar-refractivity contribution in [1.29, 1.82) is 0 Å². The van der Waals surface area contributed by atoms with Crippen LogP contribution in [-0.4, -0.2) is 36.1 Å². The predicted molar refractivity (Wildman–Crippen MR) is 84.5 cm³/mol. The van der Waals surface area contributed by atoms with Crippen LogP contribution < -0.4 is 5.73 Å². The number of ether oxygens (including phenoxy) is 1. The van der Waals surface area contributed by atoms with Crippen molar-refractivity contribution >= 4 is 29.1 Å². The van der Waals surface area contributed by atoms with Gasteiger partial charge in [0, 0.05) is 26.3 Å². The van der Waals surface area contributed by atoms with Gasteiger partial charge in [0.2, 0.25) is 5.91 Å². The van der Waals surface area contributed by atoms with E-state index in [0.717, 1.165) is 5.56 Å². The number of likely N-dealkylation sites (N-methyl/N-ethyl adjacent to an activating group) is 1. The fourth-order valence-corrected chi connectivity index (χ4v) is 2.77. The molecule has 2 N–H and O–H groups in total. The van der Waals surface area contributed by atoms with Crippen LogP contribution in [0.1, 0.15) is 25.3 Å². The summed E-state index contributed by atoms with van der Waals surface area (Å²) in [5, 5.41) is 1.00. The first kappa shape index (κ1) is 16.6. The number of carbonyl (C=O) groups is 1. The molecule has 0 radical (unpaired) electrons. The van der Waals surface area contributed by atoms with Crippen molar-refractivity contribution in [2.45, 2.75) is 31.8 Å². The Labute approximate surface area is 135 Å². The van der Waals surface area contributed by atoms with E-state index in [0.29, 0.717) is 49.2 Å². The van der Waals surface area contributed by atoms with E-state index in [1.165, 1.54) is 0 Å². The van der Waals surface area contributed by atoms with Crippen molar-refractivity contribution in [3.8, 4) is 0 Å². The molecule has 1 aromatic carbocycles. The third-order valence-electron chi connectivity index (χ3n) is 3.84. The summed E-state index contributed by atoms with van der Waals surface area (Å²) >= 11 is 11.9. The van der Waals surface area contributed by atoms with Gasteiger partial charge in [0.15, 0.2) is 0 Å². The molecule has 0 unspecified atom stereocenters. The highest BCUT2D eigenvalue weighted by Crippen LogP contribution is 2.25. The Morgan fingerprint density at radius 3 is 2.57 bits per heavy atom. The summed E-state index contributed by atoms with van der Waals surface area (Å²) < 4.78 is 5.29. The molecule has 21 heavy (non-hydrogen) atoms. The molecule has 0 aromatic heterocycles. The lowest BCUT2D eigenvalue weighted by Crippen LogP contribution is -2.57. The monoisotopic (exact) mass is 330 g/mol. The van der Waals surface area contributed by atoms with E-state index in [2.05, 4.69) is 0 Å². The smallest absolute Gasteiger partial charge is 0.243 e. The van der Waals surface area contributed by atoms with Crippen molar-refractivity contribution in [1.82, 2.24) is 4.90 Å². The minimum absolute atomic E-state index is 0.0284. The van der Waals surface area contributed by atoms with Crippen LogP contribution in [0.15, 0.2) is 18.2 Å². The second-order valence-electron chi connectivity index (χ2n) is 5.34. The van der Waals surface area contributed by atoms with Gasteiger partial charge < -0.3 is 15.4 Å². The van der Waals surface area contributed by atoms with Crippen molar-refractivity contribution in [3.05, 3.63) is 33.8 Å². The molecule has 1 amide bonds. The molecule has 0 bridgehead atoms. The lowest BCUT2D eigenvalue weighted by Gasteiger charge is -2.36. The quantitative estimate of drug-likeness (QED) is 0.923. The molecule has 1 aliphatic rings. The highest BCUT2D eigenvalue weighted by atomic mass is 35.5. The number of amides is 1. The van der Waals surface area contributed by atoms with Crippen LogP contribution in [0.25, 0.3) is 0 Å². The molecule has 1 fully saturated rings. The van der Waals surface area contributed by atoms with E-state index in [1.807, 2.05) is 13.0 Å². The maximum Gasteiger partial charge on any atom is 0.243 e. The van der Waals surface area contributed by atoms with Crippen LogP contribution >= 0.6 is 23.2 Å². The van der Waals surface area contributed by atoms with E-state index in [4.69, 9.17) is 33.7 Å². The Hall–Kier alpha value is -0.810. The largest absolute Gasteiger partial charge is 0.381 e. The minimum Gasteiger partial charge on any atom is -0.381 e. The Bertz CT molecular complexity index is 516. The summed E-state index contributed by atoms with van der Waals surface area (Å²) in [5.74, 6) is -0.0284. The van der Waals surface area contributed by atoms with Crippen LogP contribution in [0.5, 0.6) is 0 Å². The molecule has 1 heterocycles. The summed E-state index contributed by atoms with van der Waals surface area (Å²) in [7, 11) is 0. The lowest BCUT2D eigenvalue weighted by molar-refractivity contribution is -0.141. The second-order valence-corrected chi connectivity index (χ2v) is 6.15. The zero-order chi connectivity index (χ0) is 15.5. The minimum atomic E-state index is -0.815. The zero-order valence-electron chi connectivity index (χ0n) is 12.1. The number of hydrogen-bond donors (Lipinski definition) is 1. The number of nitrogens with zero attached hydrogens (tertiary/aromatic N) is 1. The van der Waals surface area contributed by atoms with E-state index in [9.17, 15) is 4.79 Å². The van der Waals surface area contributed by atoms with Gasteiger partial charge in [-0.15, -0.1) is 0 Å². The number of nitrogens with two attached hydrogens (primary N) is 1. The molecule has 1 aromatic rings. The summed E-state index contributed by atoms with van der Waals surface area (Å²) in [4.78, 5) is 14.4. The summed E-state index contributed by atoms with van der Waals surface area (Å²) in [5.41, 5.74) is 6.39. The first-order valence-corrected chi connectivity index (χ1v) is 7.82. The van der Waals surface area contributed by atoms with Gasteiger partial charge >= 0.3 is 0 Å². The zero-order valence-corrected chi connectivity index (χ0v) is 13.6. The third kappa shape index (κ3) is 3.89. The number of rotatable bonds is 4. The summed E-state index contributed by atoms with van der Waals surface area (Å²) in [6, 6.07) is 5.40. The Morgan fingerprint density at radius 2 is 2.00 bits per heavy atom. The average molecular weight is 331 g/mol. The molecule has 1 saturated heterocycles. The maximum absolute atomic E-state index is 12.7. The molecule has 0 saturated carbocycles. The van der Waals surface area contributed by atoms with Gasteiger partial charge in [-0.2, -0.15) is 0 Å². The van der Waals surface area contributed by atoms with Crippen molar-refractivity contribution in [2.24, 2.45) is 5.73 Å². The average Bonchev–Trinajstić information content (AvgIpc) is 2.48. The van der Waals surface area contributed by atoms with Crippen LogP contribution in [0.4, 0.5) is 0 Å². The molecule has 1 aliphatic heterocycles. The fraction of sp³-hybridized carbons (Fsp3) is 0.533. The predicted octanol–water partition coefficient (Wildman–Crippen LogP) is 2.85. The van der Waals surface area contributed by atoms with E-state index < -0.39 is 5.54 Å². The molecule has 0 spiro atoms. The molecule has 116 valence electrons. The summed E-state index contributed by atoms with van der Waals surface area (Å²) in [6.45, 7) is 4.09. The Morgan fingerprint density at radius 1 is 1.33 bits per heavy atom. The normalized spacial score (nSPS) is 17.5. The molecule has 4 nitrogen and oxygen atoms in total. The molecule has 6 heteroatoms. The van der Waals surface area contributed by atoms with E-state index in [1.54, 1.807) is 17.0 Å². The van der Waals surface area contributed by atoms with Gasteiger partial charge in [0.1, 0.15) is 0 Å². The van der Waals surface area contributed by atoms with Crippen LogP contribution in [0.2, 0.25) is 10.0 Å². The molecule has 2 rings (SSSR count). The number of carbonyl (C=O) groups excluding carboxylic acids is 1. The van der Waals surface area contributed by atoms with Gasteiger partial charge in [0.05, 0.1) is 15.6 Å². The third-order valence-corrected chi connectivity index (χ3v) is 4.58. The standard InChI is InChI=1S/C15H20Cl2N2O2/c1-2-19(10-11-3-4-12(16)13(17)9-11)14(20)15(18)5-7-21-8-6-15/h3-4,9H,2,5-8,10,18H2,1H3. The van der Waals surface area contributed by atoms with Gasteiger partial charge in [-0.3, -0.25) is 4.79 Å². The Balaban J connectivity index is 2.11. The fourth-order valence-electron chi connectivity index (χ4n) is 2.45. The highest BCUT2D eigenvalue weighted by Gasteiger charge is 2.38. The molecule has 0 aliphatic carbocycles. The second kappa shape index (κ2) is 6.97. The number of hydrogen-bond acceptors (Lipinski definition) is 3. The van der Waals surface area contributed by atoms with Gasteiger partial charge in [-0.1, -0.05) is 29.3 Å². The lowest BCUT2D eigenvalue weighted by atomic mass is 9.89. The van der Waals surface area contributed by atoms with Gasteiger partial charge in [-0.05, 0) is 37.5 Å². The van der Waals surface area contributed by atoms with Crippen LogP contribution in [0, 0.1) is 0 Å². The van der Waals surface area contributed by atoms with Crippen molar-refractivity contribution < 1.29 is 9.53 Å². The molecule has 0 atom stereocenters. The van der Waals surface area contributed by atoms with E-state index >= 15 is 0 Å². The van der Waals surface area contributed by atoms with Crippen molar-refractivity contribution in [3.63, 3.8) is 0 Å². The first-order valence-electron chi connectivity index (χ1n) is 7.06. The molecular weight excluding hydrogens is 311 g/mol. The highest BCUT2D eigenvalue weighted by molar-refractivity contribution is 6.42. The van der Waals surface area contributed by atoms with Gasteiger partial charge in [-0.25, -0.2) is 0 Å². The van der Waals surface area contributed by atoms with Crippen LogP contribution in [-0.2, 0) is 16.1 Å².